The summed E-state index contributed by atoms with van der Waals surface area (Å²) in [5, 5.41) is 6.58. The van der Waals surface area contributed by atoms with Crippen molar-refractivity contribution in [3.8, 4) is 0 Å². The molecule has 1 atom stereocenters. The average Bonchev–Trinajstić information content (AvgIpc) is 2.95. The first-order valence-electron chi connectivity index (χ1n) is 7.56. The molecule has 120 valence electrons. The molecule has 2 aromatic rings. The van der Waals surface area contributed by atoms with Crippen molar-refractivity contribution in [3.05, 3.63) is 42.0 Å². The molecular weight excluding hydrogens is 296 g/mol. The highest BCUT2D eigenvalue weighted by molar-refractivity contribution is 5.99. The summed E-state index contributed by atoms with van der Waals surface area (Å²) in [5.74, 6) is 0.322. The fraction of sp³-hybridized carbons (Fsp3) is 0.375. The molecule has 1 N–H and O–H groups in total. The monoisotopic (exact) mass is 314 g/mol. The molecule has 0 radical (unpaired) electrons. The summed E-state index contributed by atoms with van der Waals surface area (Å²) in [4.78, 5) is 30.4. The van der Waals surface area contributed by atoms with E-state index in [0.717, 1.165) is 12.1 Å². The van der Waals surface area contributed by atoms with E-state index in [0.29, 0.717) is 24.4 Å². The van der Waals surface area contributed by atoms with Crippen LogP contribution >= 0.6 is 0 Å². The number of carbonyl (C=O) groups is 2. The third kappa shape index (κ3) is 3.56. The van der Waals surface area contributed by atoms with E-state index in [9.17, 15) is 9.59 Å². The molecule has 7 nitrogen and oxygen atoms in total. The Kier molecular flexibility index (Phi) is 4.36. The van der Waals surface area contributed by atoms with Gasteiger partial charge in [-0.1, -0.05) is 5.16 Å². The van der Waals surface area contributed by atoms with Crippen LogP contribution in [0, 0.1) is 6.92 Å². The molecule has 0 bridgehead atoms. The van der Waals surface area contributed by atoms with Crippen molar-refractivity contribution in [2.75, 3.05) is 11.4 Å². The summed E-state index contributed by atoms with van der Waals surface area (Å²) in [7, 11) is 0. The number of nitrogens with one attached hydrogen (secondary N) is 1. The number of aromatic nitrogens is 2. The Balaban J connectivity index is 1.63. The van der Waals surface area contributed by atoms with Crippen molar-refractivity contribution in [2.24, 2.45) is 0 Å². The van der Waals surface area contributed by atoms with Crippen LogP contribution in [0.5, 0.6) is 0 Å². The van der Waals surface area contributed by atoms with Crippen molar-refractivity contribution in [3.63, 3.8) is 0 Å². The Morgan fingerprint density at radius 3 is 3.09 bits per heavy atom. The van der Waals surface area contributed by atoms with E-state index in [2.05, 4.69) is 15.5 Å². The Bertz CT molecular complexity index is 698. The molecule has 1 saturated heterocycles. The van der Waals surface area contributed by atoms with Crippen molar-refractivity contribution < 1.29 is 14.1 Å². The van der Waals surface area contributed by atoms with Crippen LogP contribution < -0.4 is 10.2 Å². The average molecular weight is 314 g/mol. The van der Waals surface area contributed by atoms with Gasteiger partial charge in [0.15, 0.2) is 0 Å². The number of aryl methyl sites for hydroxylation is 1. The summed E-state index contributed by atoms with van der Waals surface area (Å²) >= 11 is 0. The van der Waals surface area contributed by atoms with Gasteiger partial charge in [-0.25, -0.2) is 0 Å². The lowest BCUT2D eigenvalue weighted by Crippen LogP contribution is -2.52. The van der Waals surface area contributed by atoms with Gasteiger partial charge in [0.05, 0.1) is 24.0 Å². The second-order valence-corrected chi connectivity index (χ2v) is 5.57. The van der Waals surface area contributed by atoms with E-state index in [1.165, 1.54) is 0 Å². The first kappa shape index (κ1) is 15.2. The number of hydrogen-bond acceptors (Lipinski definition) is 5. The molecule has 1 aliphatic rings. The summed E-state index contributed by atoms with van der Waals surface area (Å²) in [6.45, 7) is 2.41. The molecule has 1 fully saturated rings. The van der Waals surface area contributed by atoms with Gasteiger partial charge < -0.3 is 14.7 Å². The molecule has 2 aromatic heterocycles. The fourth-order valence-electron chi connectivity index (χ4n) is 2.69. The Morgan fingerprint density at radius 1 is 1.52 bits per heavy atom. The number of nitrogens with zero attached hydrogens (tertiary/aromatic N) is 3. The highest BCUT2D eigenvalue weighted by Crippen LogP contribution is 2.20. The van der Waals surface area contributed by atoms with Crippen LogP contribution in [0.4, 0.5) is 5.69 Å². The van der Waals surface area contributed by atoms with Crippen LogP contribution in [0.3, 0.4) is 0 Å². The number of amides is 2. The topological polar surface area (TPSA) is 88.3 Å². The van der Waals surface area contributed by atoms with E-state index in [4.69, 9.17) is 4.52 Å². The number of hydrogen-bond donors (Lipinski definition) is 1. The fourth-order valence-corrected chi connectivity index (χ4v) is 2.69. The van der Waals surface area contributed by atoms with Gasteiger partial charge in [-0.3, -0.25) is 14.6 Å². The number of rotatable bonds is 4. The van der Waals surface area contributed by atoms with E-state index in [1.807, 2.05) is 6.07 Å². The van der Waals surface area contributed by atoms with Crippen LogP contribution in [0.2, 0.25) is 0 Å². The predicted octanol–water partition coefficient (Wildman–Crippen LogP) is 1.23. The minimum atomic E-state index is -0.510. The van der Waals surface area contributed by atoms with E-state index in [1.54, 1.807) is 36.4 Å². The molecule has 0 aromatic carbocycles. The van der Waals surface area contributed by atoms with Crippen molar-refractivity contribution in [2.45, 2.75) is 32.2 Å². The lowest BCUT2D eigenvalue weighted by Gasteiger charge is -2.32. The molecule has 3 rings (SSSR count). The van der Waals surface area contributed by atoms with Crippen LogP contribution in [0.25, 0.3) is 0 Å². The molecule has 7 heteroatoms. The van der Waals surface area contributed by atoms with Gasteiger partial charge in [0, 0.05) is 18.8 Å². The van der Waals surface area contributed by atoms with Crippen LogP contribution in [0.1, 0.15) is 24.3 Å². The molecule has 2 amide bonds. The molecule has 1 aliphatic heterocycles. The van der Waals surface area contributed by atoms with E-state index < -0.39 is 6.04 Å². The van der Waals surface area contributed by atoms with Crippen molar-refractivity contribution in [1.29, 1.82) is 0 Å². The standard InChI is InChI=1S/C16H18N4O3/c1-11-8-12(19-23-11)9-15(21)18-14-5-3-7-20(16(14)22)13-4-2-6-17-10-13/h2,4,6,8,10,14H,3,5,7,9H2,1H3,(H,18,21)/t14-/m0/s1. The van der Waals surface area contributed by atoms with E-state index >= 15 is 0 Å². The maximum atomic E-state index is 12.6. The lowest BCUT2D eigenvalue weighted by atomic mass is 10.0. The SMILES string of the molecule is Cc1cc(CC(=O)N[C@H]2CCCN(c3cccnc3)C2=O)no1. The minimum Gasteiger partial charge on any atom is -0.361 e. The van der Waals surface area contributed by atoms with Gasteiger partial charge in [-0.15, -0.1) is 0 Å². The molecule has 0 spiro atoms. The zero-order valence-corrected chi connectivity index (χ0v) is 12.9. The predicted molar refractivity (Wildman–Crippen MR) is 82.7 cm³/mol. The van der Waals surface area contributed by atoms with Crippen LogP contribution in [0.15, 0.2) is 35.1 Å². The molecule has 0 aliphatic carbocycles. The minimum absolute atomic E-state index is 0.103. The van der Waals surface area contributed by atoms with Gasteiger partial charge in [-0.05, 0) is 31.9 Å². The third-order valence-electron chi connectivity index (χ3n) is 3.75. The Hall–Kier alpha value is -2.70. The smallest absolute Gasteiger partial charge is 0.249 e. The normalized spacial score (nSPS) is 18.0. The maximum Gasteiger partial charge on any atom is 0.249 e. The highest BCUT2D eigenvalue weighted by Gasteiger charge is 2.30. The summed E-state index contributed by atoms with van der Waals surface area (Å²) in [6.07, 6.45) is 4.89. The number of pyridine rings is 1. The zero-order valence-electron chi connectivity index (χ0n) is 12.9. The maximum absolute atomic E-state index is 12.6. The molecular formula is C16H18N4O3. The largest absolute Gasteiger partial charge is 0.361 e. The van der Waals surface area contributed by atoms with Gasteiger partial charge >= 0.3 is 0 Å². The molecule has 23 heavy (non-hydrogen) atoms. The summed E-state index contributed by atoms with van der Waals surface area (Å²) < 4.78 is 4.94. The molecule has 3 heterocycles. The quantitative estimate of drug-likeness (QED) is 0.917. The first-order chi connectivity index (χ1) is 11.1. The second-order valence-electron chi connectivity index (χ2n) is 5.57. The molecule has 0 saturated carbocycles. The zero-order chi connectivity index (χ0) is 16.2. The number of piperidine rings is 1. The van der Waals surface area contributed by atoms with Crippen LogP contribution in [-0.4, -0.2) is 34.5 Å². The van der Waals surface area contributed by atoms with Gasteiger partial charge in [-0.2, -0.15) is 0 Å². The van der Waals surface area contributed by atoms with E-state index in [-0.39, 0.29) is 18.2 Å². The summed E-state index contributed by atoms with van der Waals surface area (Å²) in [6, 6.07) is 4.83. The highest BCUT2D eigenvalue weighted by atomic mass is 16.5. The molecule has 0 unspecified atom stereocenters. The number of anilines is 1. The van der Waals surface area contributed by atoms with Crippen molar-refractivity contribution in [1.82, 2.24) is 15.5 Å². The third-order valence-corrected chi connectivity index (χ3v) is 3.75. The Morgan fingerprint density at radius 2 is 2.39 bits per heavy atom. The van der Waals surface area contributed by atoms with Gasteiger partial charge in [0.25, 0.3) is 0 Å². The van der Waals surface area contributed by atoms with Gasteiger partial charge in [0.2, 0.25) is 11.8 Å². The second kappa shape index (κ2) is 6.60. The van der Waals surface area contributed by atoms with Gasteiger partial charge in [0.1, 0.15) is 11.8 Å². The van der Waals surface area contributed by atoms with Crippen LogP contribution in [-0.2, 0) is 16.0 Å². The van der Waals surface area contributed by atoms with Crippen molar-refractivity contribution >= 4 is 17.5 Å². The number of carbonyl (C=O) groups excluding carboxylic acids is 2. The Labute approximate surface area is 133 Å². The first-order valence-corrected chi connectivity index (χ1v) is 7.56. The summed E-state index contributed by atoms with van der Waals surface area (Å²) in [5.41, 5.74) is 1.32. The lowest BCUT2D eigenvalue weighted by molar-refractivity contribution is -0.128.